The van der Waals surface area contributed by atoms with E-state index >= 15 is 4.39 Å². The van der Waals surface area contributed by atoms with E-state index in [2.05, 4.69) is 20.2 Å². The lowest BCUT2D eigenvalue weighted by Crippen LogP contribution is -2.59. The molecule has 4 aromatic rings. The third-order valence-corrected chi connectivity index (χ3v) is 8.81. The van der Waals surface area contributed by atoms with E-state index in [0.717, 1.165) is 6.07 Å². The van der Waals surface area contributed by atoms with Gasteiger partial charge in [-0.3, -0.25) is 0 Å². The minimum absolute atomic E-state index is 0.0813. The van der Waals surface area contributed by atoms with Crippen molar-refractivity contribution >= 4 is 39.9 Å². The summed E-state index contributed by atoms with van der Waals surface area (Å²) in [6, 6.07) is 3.89. The van der Waals surface area contributed by atoms with Gasteiger partial charge in [0.2, 0.25) is 0 Å². The maximum Gasteiger partial charge on any atom is 0.330 e. The van der Waals surface area contributed by atoms with E-state index in [1.54, 1.807) is 30.4 Å². The first-order valence-corrected chi connectivity index (χ1v) is 14.7. The first-order valence-electron chi connectivity index (χ1n) is 14.7. The van der Waals surface area contributed by atoms with Crippen LogP contribution in [0.25, 0.3) is 22.0 Å². The molecule has 3 aromatic heterocycles. The molecule has 0 bridgehead atoms. The Morgan fingerprint density at radius 2 is 1.80 bits per heavy atom. The number of aromatic nitrogens is 4. The zero-order valence-corrected chi connectivity index (χ0v) is 25.2. The van der Waals surface area contributed by atoms with Gasteiger partial charge in [0.05, 0.1) is 35.5 Å². The normalized spacial score (nSPS) is 19.0. The summed E-state index contributed by atoms with van der Waals surface area (Å²) in [6.45, 7) is 10.4. The van der Waals surface area contributed by atoms with Crippen molar-refractivity contribution < 1.29 is 23.4 Å². The van der Waals surface area contributed by atoms with Crippen molar-refractivity contribution in [2.75, 3.05) is 48.0 Å². The Kier molecular flexibility index (Phi) is 7.56. The molecular weight excluding hydrogens is 568 g/mol. The number of hydrogen-bond acceptors (Lipinski definition) is 9. The maximum absolute atomic E-state index is 15.7. The van der Waals surface area contributed by atoms with Gasteiger partial charge in [0.1, 0.15) is 35.1 Å². The summed E-state index contributed by atoms with van der Waals surface area (Å²) in [5, 5.41) is 14.2. The number of ether oxygens (including phenoxy) is 1. The molecule has 44 heavy (non-hydrogen) atoms. The number of nitrogens with one attached hydrogen (secondary N) is 1. The van der Waals surface area contributed by atoms with Crippen LogP contribution in [-0.2, 0) is 9.53 Å². The second-order valence-electron chi connectivity index (χ2n) is 12.3. The van der Waals surface area contributed by atoms with Gasteiger partial charge < -0.3 is 25.0 Å². The van der Waals surface area contributed by atoms with Crippen molar-refractivity contribution in [1.82, 2.24) is 19.9 Å². The lowest BCUT2D eigenvalue weighted by atomic mass is 9.71. The number of anilines is 4. The van der Waals surface area contributed by atoms with Crippen molar-refractivity contribution in [1.29, 1.82) is 0 Å². The predicted molar refractivity (Wildman–Crippen MR) is 164 cm³/mol. The van der Waals surface area contributed by atoms with Crippen LogP contribution < -0.4 is 15.1 Å². The Morgan fingerprint density at radius 1 is 1.07 bits per heavy atom. The highest BCUT2D eigenvalue weighted by atomic mass is 19.1. The highest BCUT2D eigenvalue weighted by molar-refractivity contribution is 6.00. The molecule has 0 aliphatic carbocycles. The monoisotopic (exact) mass is 603 g/mol. The van der Waals surface area contributed by atoms with E-state index in [1.807, 2.05) is 26.8 Å². The number of halogens is 2. The fourth-order valence-electron chi connectivity index (χ4n) is 6.56. The van der Waals surface area contributed by atoms with Gasteiger partial charge in [-0.25, -0.2) is 33.5 Å². The highest BCUT2D eigenvalue weighted by Crippen LogP contribution is 2.48. The van der Waals surface area contributed by atoms with Crippen LogP contribution in [0.3, 0.4) is 0 Å². The molecule has 5 heterocycles. The number of benzene rings is 1. The van der Waals surface area contributed by atoms with Crippen molar-refractivity contribution in [3.05, 3.63) is 60.3 Å². The Hall–Kier alpha value is -4.45. The molecule has 0 spiro atoms. The van der Waals surface area contributed by atoms with Gasteiger partial charge in [-0.15, -0.1) is 0 Å². The molecule has 12 heteroatoms. The van der Waals surface area contributed by atoms with Crippen LogP contribution in [0.5, 0.6) is 0 Å². The number of carboxylic acid groups (broad SMARTS) is 1. The summed E-state index contributed by atoms with van der Waals surface area (Å²) in [4.78, 5) is 34.6. The van der Waals surface area contributed by atoms with E-state index < -0.39 is 28.6 Å². The number of pyridine rings is 2. The number of carboxylic acids is 1. The van der Waals surface area contributed by atoms with Crippen LogP contribution in [-0.4, -0.2) is 69.4 Å². The maximum atomic E-state index is 15.7. The second-order valence-corrected chi connectivity index (χ2v) is 12.3. The third-order valence-electron chi connectivity index (χ3n) is 8.81. The molecule has 1 aromatic carbocycles. The van der Waals surface area contributed by atoms with Crippen LogP contribution >= 0.6 is 0 Å². The quantitative estimate of drug-likeness (QED) is 0.283. The van der Waals surface area contributed by atoms with Gasteiger partial charge in [-0.05, 0) is 25.2 Å². The number of carbonyl (C=O) groups is 1. The average Bonchev–Trinajstić information content (AvgIpc) is 3.46. The largest absolute Gasteiger partial charge is 0.479 e. The van der Waals surface area contributed by atoms with Crippen LogP contribution in [0.1, 0.15) is 39.2 Å². The summed E-state index contributed by atoms with van der Waals surface area (Å²) in [5.41, 5.74) is 1.01. The van der Waals surface area contributed by atoms with E-state index in [-0.39, 0.29) is 10.9 Å². The molecular formula is C32H35F2N7O3. The van der Waals surface area contributed by atoms with Gasteiger partial charge in [0.25, 0.3) is 0 Å². The molecule has 2 saturated heterocycles. The smallest absolute Gasteiger partial charge is 0.330 e. The van der Waals surface area contributed by atoms with E-state index in [9.17, 15) is 14.3 Å². The SMILES string of the molecule is Cc1c(N2CCC[C@@]2(C(=O)O)C(C)(C)C)nc2cc(F)cc(F)c2c1Nc1cc(N2CCOCC2)ncc1-c1cncnc1. The average molecular weight is 604 g/mol. The Morgan fingerprint density at radius 3 is 2.48 bits per heavy atom. The second kappa shape index (κ2) is 11.2. The fourth-order valence-corrected chi connectivity index (χ4v) is 6.56. The standard InChI is InChI=1S/C32H35F2N7O3/c1-19-28(38-24-14-26(40-8-10-44-11-9-40)37-17-22(24)20-15-35-18-36-16-20)27-23(34)12-21(33)13-25(27)39-29(19)41-7-5-6-32(41,30(42)43)31(2,3)4/h12-18H,5-11H2,1-4H3,(H,42,43)(H,37,38,39)/t32-/m1/s1. The minimum atomic E-state index is -1.27. The topological polar surface area (TPSA) is 117 Å². The molecule has 6 rings (SSSR count). The van der Waals surface area contributed by atoms with Gasteiger partial charge in [0, 0.05) is 73.1 Å². The molecule has 0 unspecified atom stereocenters. The van der Waals surface area contributed by atoms with Gasteiger partial charge >= 0.3 is 5.97 Å². The first-order chi connectivity index (χ1) is 21.0. The van der Waals surface area contributed by atoms with Crippen molar-refractivity contribution in [3.8, 4) is 11.1 Å². The minimum Gasteiger partial charge on any atom is -0.479 e. The molecule has 2 fully saturated rings. The number of nitrogens with zero attached hydrogens (tertiary/aromatic N) is 6. The zero-order chi connectivity index (χ0) is 31.2. The van der Waals surface area contributed by atoms with Crippen molar-refractivity contribution in [2.45, 2.75) is 46.1 Å². The zero-order valence-electron chi connectivity index (χ0n) is 25.2. The number of rotatable bonds is 6. The Bertz CT molecular complexity index is 1730. The number of morpholine rings is 1. The van der Waals surface area contributed by atoms with Crippen molar-refractivity contribution in [3.63, 3.8) is 0 Å². The van der Waals surface area contributed by atoms with Gasteiger partial charge in [0.15, 0.2) is 0 Å². The molecule has 1 atom stereocenters. The molecule has 230 valence electrons. The summed E-state index contributed by atoms with van der Waals surface area (Å²) in [5.74, 6) is -1.44. The van der Waals surface area contributed by atoms with Crippen LogP contribution in [0.2, 0.25) is 0 Å². The molecule has 0 amide bonds. The van der Waals surface area contributed by atoms with E-state index in [4.69, 9.17) is 14.7 Å². The highest BCUT2D eigenvalue weighted by Gasteiger charge is 2.56. The molecule has 2 aliphatic heterocycles. The predicted octanol–water partition coefficient (Wildman–Crippen LogP) is 5.72. The van der Waals surface area contributed by atoms with Crippen LogP contribution in [0.4, 0.5) is 31.8 Å². The number of aliphatic carboxylic acids is 1. The lowest BCUT2D eigenvalue weighted by Gasteiger charge is -2.45. The lowest BCUT2D eigenvalue weighted by molar-refractivity contribution is -0.147. The summed E-state index contributed by atoms with van der Waals surface area (Å²) >= 11 is 0. The van der Waals surface area contributed by atoms with Crippen LogP contribution in [0.15, 0.2) is 43.1 Å². The number of fused-ring (bicyclic) bond motifs is 1. The first kappa shape index (κ1) is 29.6. The van der Waals surface area contributed by atoms with Gasteiger partial charge in [-0.2, -0.15) is 0 Å². The summed E-state index contributed by atoms with van der Waals surface area (Å²) < 4.78 is 35.8. The summed E-state index contributed by atoms with van der Waals surface area (Å²) in [7, 11) is 0. The molecule has 0 radical (unpaired) electrons. The number of hydrogen-bond donors (Lipinski definition) is 2. The molecule has 2 N–H and O–H groups in total. The van der Waals surface area contributed by atoms with Crippen LogP contribution in [0, 0.1) is 24.0 Å². The third kappa shape index (κ3) is 4.96. The Balaban J connectivity index is 1.58. The molecule has 0 saturated carbocycles. The summed E-state index contributed by atoms with van der Waals surface area (Å²) in [6.07, 6.45) is 7.53. The Labute approximate surface area is 254 Å². The van der Waals surface area contributed by atoms with Gasteiger partial charge in [-0.1, -0.05) is 20.8 Å². The van der Waals surface area contributed by atoms with E-state index in [0.29, 0.717) is 85.4 Å². The molecule has 2 aliphatic rings. The fraction of sp³-hybridized carbons (Fsp3) is 0.406. The van der Waals surface area contributed by atoms with E-state index in [1.165, 1.54) is 12.4 Å². The van der Waals surface area contributed by atoms with Crippen molar-refractivity contribution in [2.24, 2.45) is 5.41 Å². The molecule has 10 nitrogen and oxygen atoms in total.